The zero-order valence-electron chi connectivity index (χ0n) is 36.3. The number of rotatable bonds is 9. The van der Waals surface area contributed by atoms with Crippen molar-refractivity contribution >= 4 is 76.6 Å². The molecule has 0 unspecified atom stereocenters. The van der Waals surface area contributed by atoms with Crippen molar-refractivity contribution in [2.75, 3.05) is 0 Å². The molecule has 12 rings (SSSR count). The summed E-state index contributed by atoms with van der Waals surface area (Å²) in [6.07, 6.45) is 0. The van der Waals surface area contributed by atoms with Crippen LogP contribution in [0.15, 0.2) is 218 Å². The summed E-state index contributed by atoms with van der Waals surface area (Å²) in [5, 5.41) is 31.1. The third kappa shape index (κ3) is 6.74. The van der Waals surface area contributed by atoms with Crippen LogP contribution >= 0.6 is 0 Å². The van der Waals surface area contributed by atoms with E-state index in [1.54, 1.807) is 30.3 Å². The third-order valence-electron chi connectivity index (χ3n) is 13.0. The van der Waals surface area contributed by atoms with Gasteiger partial charge in [-0.1, -0.05) is 176 Å². The Morgan fingerprint density at radius 1 is 0.294 bits per heavy atom. The quantitative estimate of drug-likeness (QED) is 0.150. The van der Waals surface area contributed by atoms with E-state index >= 15 is 0 Å². The molecule has 12 aromatic rings. The summed E-state index contributed by atoms with van der Waals surface area (Å²) in [4.78, 5) is 25.1. The second kappa shape index (κ2) is 16.3. The van der Waals surface area contributed by atoms with Gasteiger partial charge in [-0.05, 0) is 107 Å². The molecule has 0 saturated carbocycles. The van der Waals surface area contributed by atoms with Gasteiger partial charge in [-0.2, -0.15) is 0 Å². The van der Waals surface area contributed by atoms with Crippen molar-refractivity contribution in [3.05, 3.63) is 230 Å². The Kier molecular flexibility index (Phi) is 9.66. The topological polar surface area (TPSA) is 93.1 Å². The Morgan fingerprint density at radius 2 is 0.691 bits per heavy atom. The molecule has 2 N–H and O–H groups in total. The molecule has 322 valence electrons. The van der Waals surface area contributed by atoms with Gasteiger partial charge in [-0.15, -0.1) is 0 Å². The van der Waals surface area contributed by atoms with Crippen LogP contribution in [0, 0.1) is 0 Å². The molecule has 0 aliphatic heterocycles. The molecule has 0 saturated heterocycles. The van der Waals surface area contributed by atoms with Crippen molar-refractivity contribution in [3.8, 4) is 56.4 Å². The van der Waals surface area contributed by atoms with E-state index in [-0.39, 0.29) is 11.1 Å². The van der Waals surface area contributed by atoms with Crippen molar-refractivity contribution in [1.29, 1.82) is 0 Å². The molecule has 6 heteroatoms. The standard InChI is InChI=1S/C62H38O6/c63-61(64)51-30-33-53(47-21-9-7-19-45(47)51)67-55-32-29-39-15-5-6-18-44(39)58(55)59-50-24-12-11-23-49(50)56(42-27-25-37-13-1-3-16-40(37)35-42)57(43-28-26-38-14-2-4-17-41(38)36-43)60(59)68-54-34-31-52(62(65)66)46-20-8-10-22-48(46)54/h1-36H,(H,63,64)(H,65,66). The van der Waals surface area contributed by atoms with Crippen LogP contribution in [-0.2, 0) is 0 Å². The fraction of sp³-hybridized carbons (Fsp3) is 0. The summed E-state index contributed by atoms with van der Waals surface area (Å²) < 4.78 is 14.8. The van der Waals surface area contributed by atoms with E-state index in [4.69, 9.17) is 9.47 Å². The van der Waals surface area contributed by atoms with Crippen molar-refractivity contribution < 1.29 is 29.3 Å². The number of hydrogen-bond acceptors (Lipinski definition) is 4. The first-order chi connectivity index (χ1) is 33.4. The molecule has 0 aromatic heterocycles. The summed E-state index contributed by atoms with van der Waals surface area (Å²) in [5.74, 6) is -0.0121. The molecule has 0 atom stereocenters. The molecular formula is C62H38O6. The zero-order chi connectivity index (χ0) is 45.9. The summed E-state index contributed by atoms with van der Waals surface area (Å²) in [6, 6.07) is 71.8. The minimum Gasteiger partial charge on any atom is -0.478 e. The first kappa shape index (κ1) is 40.3. The highest BCUT2D eigenvalue weighted by Gasteiger charge is 2.29. The van der Waals surface area contributed by atoms with Crippen molar-refractivity contribution in [2.45, 2.75) is 0 Å². The van der Waals surface area contributed by atoms with Gasteiger partial charge in [-0.25, -0.2) is 9.59 Å². The Morgan fingerprint density at radius 3 is 1.24 bits per heavy atom. The lowest BCUT2D eigenvalue weighted by Crippen LogP contribution is -2.02. The zero-order valence-corrected chi connectivity index (χ0v) is 36.3. The van der Waals surface area contributed by atoms with Crippen LogP contribution in [0.3, 0.4) is 0 Å². The van der Waals surface area contributed by atoms with E-state index < -0.39 is 11.9 Å². The van der Waals surface area contributed by atoms with E-state index in [1.807, 2.05) is 91.0 Å². The number of carbonyl (C=O) groups is 2. The smallest absolute Gasteiger partial charge is 0.336 e. The molecule has 0 heterocycles. The number of hydrogen-bond donors (Lipinski definition) is 2. The molecule has 0 aliphatic rings. The van der Waals surface area contributed by atoms with Gasteiger partial charge < -0.3 is 19.7 Å². The van der Waals surface area contributed by atoms with Crippen molar-refractivity contribution in [3.63, 3.8) is 0 Å². The monoisotopic (exact) mass is 878 g/mol. The number of fused-ring (bicyclic) bond motifs is 6. The lowest BCUT2D eigenvalue weighted by Gasteiger charge is -2.26. The Bertz CT molecular complexity index is 4060. The number of carboxylic acids is 2. The van der Waals surface area contributed by atoms with Crippen LogP contribution in [0.25, 0.3) is 98.0 Å². The highest BCUT2D eigenvalue weighted by molar-refractivity contribution is 6.19. The third-order valence-corrected chi connectivity index (χ3v) is 13.0. The van der Waals surface area contributed by atoms with E-state index in [2.05, 4.69) is 97.1 Å². The minimum atomic E-state index is -1.03. The first-order valence-corrected chi connectivity index (χ1v) is 22.3. The largest absolute Gasteiger partial charge is 0.478 e. The molecule has 0 amide bonds. The SMILES string of the molecule is O=C(O)c1ccc(Oc2ccc3ccccc3c2-c2c(Oc3ccc(C(=O)O)c4ccccc34)c(-c3ccc4ccccc4c3)c(-c3ccc4ccccc4c3)c3ccccc23)c2ccccc12. The van der Waals surface area contributed by atoms with Gasteiger partial charge in [0.05, 0.1) is 11.1 Å². The first-order valence-electron chi connectivity index (χ1n) is 22.3. The van der Waals surface area contributed by atoms with Crippen LogP contribution in [0.1, 0.15) is 20.7 Å². The molecule has 0 bridgehead atoms. The van der Waals surface area contributed by atoms with Gasteiger partial charge in [0.2, 0.25) is 0 Å². The van der Waals surface area contributed by atoms with Crippen LogP contribution in [0.4, 0.5) is 0 Å². The summed E-state index contributed by atoms with van der Waals surface area (Å²) >= 11 is 0. The molecule has 68 heavy (non-hydrogen) atoms. The van der Waals surface area contributed by atoms with Crippen LogP contribution in [-0.4, -0.2) is 22.2 Å². The molecule has 0 spiro atoms. The molecule has 0 radical (unpaired) electrons. The van der Waals surface area contributed by atoms with E-state index in [0.29, 0.717) is 44.5 Å². The minimum absolute atomic E-state index is 0.171. The average Bonchev–Trinajstić information content (AvgIpc) is 3.38. The van der Waals surface area contributed by atoms with Gasteiger partial charge in [0.25, 0.3) is 0 Å². The predicted octanol–water partition coefficient (Wildman–Crippen LogP) is 16.6. The lowest BCUT2D eigenvalue weighted by molar-refractivity contribution is 0.0688. The summed E-state index contributed by atoms with van der Waals surface area (Å²) in [7, 11) is 0. The molecular weight excluding hydrogens is 841 g/mol. The number of ether oxygens (including phenoxy) is 2. The second-order valence-corrected chi connectivity index (χ2v) is 16.9. The molecule has 0 fully saturated rings. The van der Waals surface area contributed by atoms with Gasteiger partial charge in [0.15, 0.2) is 0 Å². The molecule has 12 aromatic carbocycles. The Hall–Kier alpha value is -9.26. The molecule has 6 nitrogen and oxygen atoms in total. The number of aromatic carboxylic acids is 2. The van der Waals surface area contributed by atoms with E-state index in [9.17, 15) is 19.8 Å². The van der Waals surface area contributed by atoms with Crippen LogP contribution in [0.2, 0.25) is 0 Å². The van der Waals surface area contributed by atoms with Gasteiger partial charge in [0, 0.05) is 33.0 Å². The fourth-order valence-corrected chi connectivity index (χ4v) is 9.95. The second-order valence-electron chi connectivity index (χ2n) is 16.9. The van der Waals surface area contributed by atoms with Gasteiger partial charge in [-0.3, -0.25) is 0 Å². The number of benzene rings is 12. The van der Waals surface area contributed by atoms with Gasteiger partial charge in [0.1, 0.15) is 23.0 Å². The highest BCUT2D eigenvalue weighted by atomic mass is 16.5. The van der Waals surface area contributed by atoms with Crippen molar-refractivity contribution in [1.82, 2.24) is 0 Å². The highest BCUT2D eigenvalue weighted by Crippen LogP contribution is 2.56. The average molecular weight is 879 g/mol. The van der Waals surface area contributed by atoms with E-state index in [0.717, 1.165) is 76.5 Å². The van der Waals surface area contributed by atoms with Crippen molar-refractivity contribution in [2.24, 2.45) is 0 Å². The predicted molar refractivity (Wildman–Crippen MR) is 275 cm³/mol. The summed E-state index contributed by atoms with van der Waals surface area (Å²) in [6.45, 7) is 0. The maximum Gasteiger partial charge on any atom is 0.336 e. The fourth-order valence-electron chi connectivity index (χ4n) is 9.95. The lowest BCUT2D eigenvalue weighted by atomic mass is 9.82. The van der Waals surface area contributed by atoms with Crippen LogP contribution < -0.4 is 9.47 Å². The Balaban J connectivity index is 1.26. The maximum atomic E-state index is 12.7. The molecule has 0 aliphatic carbocycles. The van der Waals surface area contributed by atoms with Crippen LogP contribution in [0.5, 0.6) is 23.0 Å². The summed E-state index contributed by atoms with van der Waals surface area (Å²) in [5.41, 5.74) is 5.58. The normalized spacial score (nSPS) is 11.5. The Labute approximate surface area is 390 Å². The van der Waals surface area contributed by atoms with E-state index in [1.165, 1.54) is 0 Å². The number of carboxylic acid groups (broad SMARTS) is 2. The van der Waals surface area contributed by atoms with Gasteiger partial charge >= 0.3 is 11.9 Å². The maximum absolute atomic E-state index is 12.7.